The minimum absolute atomic E-state index is 0.00974. The van der Waals surface area contributed by atoms with Crippen LogP contribution >= 0.6 is 0 Å². The Morgan fingerprint density at radius 2 is 1.28 bits per heavy atom. The summed E-state index contributed by atoms with van der Waals surface area (Å²) in [6.07, 6.45) is 0.733. The molecule has 0 aliphatic carbocycles. The average Bonchev–Trinajstić information content (AvgIpc) is 3.43. The summed E-state index contributed by atoms with van der Waals surface area (Å²) in [4.78, 5) is 127. The molecule has 57 heavy (non-hydrogen) atoms. The number of ether oxygens (including phenoxy) is 3. The van der Waals surface area contributed by atoms with Gasteiger partial charge >= 0.3 is 18.0 Å². The van der Waals surface area contributed by atoms with Crippen LogP contribution in [0, 0.1) is 0 Å². The van der Waals surface area contributed by atoms with Gasteiger partial charge in [-0.25, -0.2) is 9.59 Å². The van der Waals surface area contributed by atoms with E-state index in [0.717, 1.165) is 17.1 Å². The molecule has 1 aliphatic heterocycles. The molecule has 1 aliphatic rings. The van der Waals surface area contributed by atoms with Gasteiger partial charge in [0.15, 0.2) is 0 Å². The number of hydrogen-bond donors (Lipinski definition) is 6. The molecule has 2 atom stereocenters. The summed E-state index contributed by atoms with van der Waals surface area (Å²) in [6, 6.07) is 5.58. The summed E-state index contributed by atoms with van der Waals surface area (Å²) < 4.78 is 15.4. The largest absolute Gasteiger partial charge is 0.480 e. The highest BCUT2D eigenvalue weighted by Crippen LogP contribution is 2.16. The third-order valence-corrected chi connectivity index (χ3v) is 7.07. The number of imide groups is 1. The number of aliphatic carboxylic acids is 1. The Hall–Kier alpha value is -6.38. The zero-order chi connectivity index (χ0) is 42.9. The first-order valence-electron chi connectivity index (χ1n) is 17.5. The predicted octanol–water partition coefficient (Wildman–Crippen LogP) is -1.89. The van der Waals surface area contributed by atoms with E-state index in [0.29, 0.717) is 10.5 Å². The molecule has 1 heterocycles. The summed E-state index contributed by atoms with van der Waals surface area (Å²) in [5.41, 5.74) is -1.35. The smallest absolute Gasteiger partial charge is 0.410 e. The number of benzene rings is 1. The van der Waals surface area contributed by atoms with E-state index >= 15 is 0 Å². The van der Waals surface area contributed by atoms with Crippen LogP contribution in [0.1, 0.15) is 47.1 Å². The second-order valence-electron chi connectivity index (χ2n) is 14.4. The maximum atomic E-state index is 13.5. The maximum absolute atomic E-state index is 13.5. The highest BCUT2D eigenvalue weighted by molar-refractivity contribution is 6.15. The van der Waals surface area contributed by atoms with Crippen LogP contribution in [0.4, 0.5) is 4.79 Å². The fourth-order valence-electron chi connectivity index (χ4n) is 4.72. The zero-order valence-electron chi connectivity index (χ0n) is 32.5. The van der Waals surface area contributed by atoms with E-state index < -0.39 is 129 Å². The minimum Gasteiger partial charge on any atom is -0.480 e. The number of carboxylic acids is 1. The van der Waals surface area contributed by atoms with Crippen LogP contribution in [0.15, 0.2) is 42.5 Å². The summed E-state index contributed by atoms with van der Waals surface area (Å²) >= 11 is 0. The number of carbonyl (C=O) groups is 10. The lowest BCUT2D eigenvalue weighted by Gasteiger charge is -2.32. The topological polar surface area (TPSA) is 285 Å². The van der Waals surface area contributed by atoms with Crippen molar-refractivity contribution in [2.45, 2.75) is 71.2 Å². The Morgan fingerprint density at radius 3 is 1.84 bits per heavy atom. The number of nitrogens with zero attached hydrogens (tertiary/aromatic N) is 2. The Kier molecular flexibility index (Phi) is 17.8. The zero-order valence-corrected chi connectivity index (χ0v) is 32.5. The Morgan fingerprint density at radius 1 is 0.737 bits per heavy atom. The first kappa shape index (κ1) is 46.8. The van der Waals surface area contributed by atoms with E-state index in [4.69, 9.17) is 19.3 Å². The van der Waals surface area contributed by atoms with Gasteiger partial charge in [0.25, 0.3) is 11.8 Å². The van der Waals surface area contributed by atoms with Gasteiger partial charge in [-0.2, -0.15) is 0 Å². The molecule has 0 spiro atoms. The highest BCUT2D eigenvalue weighted by atomic mass is 16.6. The summed E-state index contributed by atoms with van der Waals surface area (Å²) in [6.45, 7) is 4.96. The lowest BCUT2D eigenvalue weighted by atomic mass is 10.1. The van der Waals surface area contributed by atoms with Crippen molar-refractivity contribution in [3.8, 4) is 0 Å². The van der Waals surface area contributed by atoms with Crippen molar-refractivity contribution in [1.82, 2.24) is 36.4 Å². The van der Waals surface area contributed by atoms with Gasteiger partial charge in [-0.05, 0) is 47.1 Å². The highest BCUT2D eigenvalue weighted by Gasteiger charge is 2.39. The Labute approximate surface area is 328 Å². The van der Waals surface area contributed by atoms with Crippen LogP contribution < -0.4 is 26.6 Å². The van der Waals surface area contributed by atoms with Gasteiger partial charge in [-0.1, -0.05) is 30.3 Å². The number of hydrogen-bond acceptors (Lipinski definition) is 13. The molecule has 1 aromatic rings. The normalized spacial score (nSPS) is 13.5. The molecule has 0 saturated carbocycles. The molecule has 0 bridgehead atoms. The molecule has 1 aromatic carbocycles. The molecular weight excluding hydrogens is 754 g/mol. The summed E-state index contributed by atoms with van der Waals surface area (Å²) in [7, 11) is 0. The molecule has 0 unspecified atom stereocenters. The monoisotopic (exact) mass is 803 g/mol. The number of carbonyl (C=O) groups excluding carboxylic acids is 9. The van der Waals surface area contributed by atoms with Gasteiger partial charge in [-0.15, -0.1) is 0 Å². The van der Waals surface area contributed by atoms with Crippen molar-refractivity contribution >= 4 is 59.4 Å². The van der Waals surface area contributed by atoms with Crippen molar-refractivity contribution in [3.05, 3.63) is 48.0 Å². The molecule has 0 radical (unpaired) electrons. The van der Waals surface area contributed by atoms with E-state index in [1.807, 2.05) is 0 Å². The molecule has 2 rings (SSSR count). The molecule has 6 N–H and O–H groups in total. The van der Waals surface area contributed by atoms with Gasteiger partial charge in [0.05, 0.1) is 26.2 Å². The van der Waals surface area contributed by atoms with Crippen molar-refractivity contribution < 1.29 is 67.3 Å². The number of nitrogens with one attached hydrogen (secondary N) is 5. The molecule has 0 saturated heterocycles. The second-order valence-corrected chi connectivity index (χ2v) is 14.4. The van der Waals surface area contributed by atoms with Crippen LogP contribution in [0.25, 0.3) is 0 Å². The van der Waals surface area contributed by atoms with E-state index in [9.17, 15) is 47.9 Å². The van der Waals surface area contributed by atoms with Crippen molar-refractivity contribution in [2.24, 2.45) is 0 Å². The second kappa shape index (κ2) is 21.6. The third-order valence-electron chi connectivity index (χ3n) is 7.07. The first-order chi connectivity index (χ1) is 26.5. The van der Waals surface area contributed by atoms with Crippen molar-refractivity contribution in [2.75, 3.05) is 46.1 Å². The van der Waals surface area contributed by atoms with Crippen LogP contribution in [0.5, 0.6) is 0 Å². The third kappa shape index (κ3) is 18.2. The van der Waals surface area contributed by atoms with Gasteiger partial charge in [0.2, 0.25) is 29.5 Å². The SMILES string of the molecule is CC(C)(C)OC(=O)CN(C[C@@H](C(=O)NCC(=O)NCC(=O)N[C@@H](Cc1ccccc1)C(=O)NCC(=O)NCOCC(=O)O)N1C(=O)C=CC1=O)C(=O)OC(C)(C)C. The average molecular weight is 804 g/mol. The summed E-state index contributed by atoms with van der Waals surface area (Å²) in [5.74, 6) is -8.19. The first-order valence-corrected chi connectivity index (χ1v) is 17.5. The van der Waals surface area contributed by atoms with Gasteiger partial charge in [-0.3, -0.25) is 48.2 Å². The van der Waals surface area contributed by atoms with E-state index in [1.54, 1.807) is 71.9 Å². The van der Waals surface area contributed by atoms with E-state index in [-0.39, 0.29) is 6.42 Å². The minimum atomic E-state index is -1.75. The Bertz CT molecular complexity index is 1680. The summed E-state index contributed by atoms with van der Waals surface area (Å²) in [5, 5.41) is 20.2. The molecule has 312 valence electrons. The van der Waals surface area contributed by atoms with Crippen molar-refractivity contribution in [1.29, 1.82) is 0 Å². The van der Waals surface area contributed by atoms with Crippen LogP contribution in [0.3, 0.4) is 0 Å². The predicted molar refractivity (Wildman–Crippen MR) is 196 cm³/mol. The molecule has 0 aromatic heterocycles. The molecule has 21 nitrogen and oxygen atoms in total. The number of carboxylic acid groups (broad SMARTS) is 1. The number of esters is 1. The van der Waals surface area contributed by atoms with Crippen LogP contribution in [-0.2, 0) is 63.8 Å². The molecule has 21 heteroatoms. The lowest BCUT2D eigenvalue weighted by Crippen LogP contribution is -2.57. The van der Waals surface area contributed by atoms with Gasteiger partial charge in [0.1, 0.15) is 43.2 Å². The van der Waals surface area contributed by atoms with Crippen LogP contribution in [0.2, 0.25) is 0 Å². The fourth-order valence-corrected chi connectivity index (χ4v) is 4.72. The van der Waals surface area contributed by atoms with E-state index in [1.165, 1.54) is 0 Å². The van der Waals surface area contributed by atoms with Gasteiger partial charge < -0.3 is 45.9 Å². The van der Waals surface area contributed by atoms with Crippen LogP contribution in [-0.4, -0.2) is 144 Å². The van der Waals surface area contributed by atoms with E-state index in [2.05, 4.69) is 26.6 Å². The van der Waals surface area contributed by atoms with Crippen molar-refractivity contribution in [3.63, 3.8) is 0 Å². The Balaban J connectivity index is 2.09. The fraction of sp³-hybridized carbons (Fsp3) is 0.500. The molecular formula is C36H49N7O14. The molecule has 0 fully saturated rings. The van der Waals surface area contributed by atoms with Gasteiger partial charge in [0, 0.05) is 18.6 Å². The molecule has 8 amide bonds. The standard InChI is InChI=1S/C36H49N7O14/c1-35(2,3)56-31(51)19-42(34(54)57-36(4,5)6)18-24(43-28(47)12-13-29(43)48)33(53)39-15-25(44)37-17-27(46)41-23(14-22-10-8-7-9-11-22)32(52)38-16-26(45)40-21-55-20-30(49)50/h7-13,23-24H,14-21H2,1-6H3,(H,37,44)(H,38,52)(H,39,53)(H,40,45)(H,41,46)(H,49,50)/t23-,24-/m0/s1. The number of rotatable bonds is 20. The lowest BCUT2D eigenvalue weighted by molar-refractivity contribution is -0.156. The quantitative estimate of drug-likeness (QED) is 0.0364. The number of amides is 8. The maximum Gasteiger partial charge on any atom is 0.410 e.